The zero-order valence-electron chi connectivity index (χ0n) is 23.3. The molecule has 3 aromatic carbocycles. The van der Waals surface area contributed by atoms with E-state index in [0.29, 0.717) is 11.5 Å². The first-order chi connectivity index (χ1) is 16.4. The van der Waals surface area contributed by atoms with Crippen molar-refractivity contribution in [2.24, 2.45) is 0 Å². The molecule has 0 heterocycles. The van der Waals surface area contributed by atoms with E-state index in [1.807, 2.05) is 0 Å². The van der Waals surface area contributed by atoms with Crippen LogP contribution >= 0.6 is 0 Å². The molecular weight excluding hydrogens is 428 g/mol. The topological polar surface area (TPSA) is 40.5 Å². The summed E-state index contributed by atoms with van der Waals surface area (Å²) in [5.74, 6) is 1.72. The van der Waals surface area contributed by atoms with Gasteiger partial charge in [-0.3, -0.25) is 0 Å². The van der Waals surface area contributed by atoms with E-state index in [1.165, 1.54) is 16.7 Å². The van der Waals surface area contributed by atoms with Crippen LogP contribution in [0.4, 0.5) is 0 Å². The molecule has 0 unspecified atom stereocenters. The molecule has 0 bridgehead atoms. The molecule has 0 aromatic heterocycles. The molecular formula is C33H44O2. The summed E-state index contributed by atoms with van der Waals surface area (Å²) in [5, 5.41) is 22.5. The van der Waals surface area contributed by atoms with Crippen LogP contribution in [0.2, 0.25) is 0 Å². The van der Waals surface area contributed by atoms with E-state index in [2.05, 4.69) is 112 Å². The van der Waals surface area contributed by atoms with E-state index >= 15 is 0 Å². The third kappa shape index (κ3) is 4.99. The van der Waals surface area contributed by atoms with Crippen molar-refractivity contribution in [3.8, 4) is 11.5 Å². The van der Waals surface area contributed by atoms with Gasteiger partial charge in [-0.15, -0.1) is 0 Å². The van der Waals surface area contributed by atoms with E-state index in [1.54, 1.807) is 0 Å². The number of rotatable bonds is 7. The number of benzene rings is 3. The number of hydrogen-bond acceptors (Lipinski definition) is 2. The minimum absolute atomic E-state index is 0.00222. The lowest BCUT2D eigenvalue weighted by Crippen LogP contribution is -2.13. The maximum absolute atomic E-state index is 11.2. The summed E-state index contributed by atoms with van der Waals surface area (Å²) >= 11 is 0. The third-order valence-corrected chi connectivity index (χ3v) is 7.51. The van der Waals surface area contributed by atoms with E-state index < -0.39 is 0 Å². The van der Waals surface area contributed by atoms with Crippen LogP contribution in [-0.4, -0.2) is 10.2 Å². The van der Waals surface area contributed by atoms with Crippen molar-refractivity contribution in [3.63, 3.8) is 0 Å². The average Bonchev–Trinajstić information content (AvgIpc) is 2.76. The van der Waals surface area contributed by atoms with E-state index in [4.69, 9.17) is 0 Å². The van der Waals surface area contributed by atoms with Crippen molar-refractivity contribution < 1.29 is 10.2 Å². The van der Waals surface area contributed by atoms with Gasteiger partial charge in [0.05, 0.1) is 0 Å². The van der Waals surface area contributed by atoms with Gasteiger partial charge in [-0.1, -0.05) is 97.9 Å². The Morgan fingerprint density at radius 2 is 0.886 bits per heavy atom. The van der Waals surface area contributed by atoms with E-state index in [9.17, 15) is 10.2 Å². The smallest absolute Gasteiger partial charge is 0.122 e. The van der Waals surface area contributed by atoms with Crippen molar-refractivity contribution in [1.29, 1.82) is 0 Å². The van der Waals surface area contributed by atoms with Crippen LogP contribution in [0.1, 0.15) is 135 Å². The Balaban J connectivity index is 2.51. The number of phenolic OH excluding ortho intramolecular Hbond substituents is 2. The van der Waals surface area contributed by atoms with Gasteiger partial charge in [0.25, 0.3) is 0 Å². The van der Waals surface area contributed by atoms with Gasteiger partial charge >= 0.3 is 0 Å². The Kier molecular flexibility index (Phi) is 8.04. The first-order valence-electron chi connectivity index (χ1n) is 13.2. The minimum atomic E-state index is 0.00222. The van der Waals surface area contributed by atoms with Gasteiger partial charge in [0.2, 0.25) is 0 Å². The molecule has 0 amide bonds. The van der Waals surface area contributed by atoms with Gasteiger partial charge in [-0.05, 0) is 87.6 Å². The van der Waals surface area contributed by atoms with Crippen molar-refractivity contribution >= 4 is 0 Å². The second-order valence-corrected chi connectivity index (χ2v) is 11.3. The molecule has 2 nitrogen and oxygen atoms in total. The average molecular weight is 473 g/mol. The van der Waals surface area contributed by atoms with Gasteiger partial charge in [0.1, 0.15) is 11.5 Å². The summed E-state index contributed by atoms with van der Waals surface area (Å²) in [6, 6.07) is 15.1. The van der Waals surface area contributed by atoms with Gasteiger partial charge in [0, 0.05) is 5.92 Å². The molecule has 0 saturated carbocycles. The van der Waals surface area contributed by atoms with Crippen molar-refractivity contribution in [2.75, 3.05) is 0 Å². The lowest BCUT2D eigenvalue weighted by atomic mass is 9.75. The number of aromatic hydroxyl groups is 2. The molecule has 2 N–H and O–H groups in total. The fourth-order valence-electron chi connectivity index (χ4n) is 5.73. The molecule has 2 heteroatoms. The Labute approximate surface area is 213 Å². The summed E-state index contributed by atoms with van der Waals surface area (Å²) in [5.41, 5.74) is 10.1. The highest BCUT2D eigenvalue weighted by Gasteiger charge is 2.29. The van der Waals surface area contributed by atoms with Crippen molar-refractivity contribution in [1.82, 2.24) is 0 Å². The molecule has 3 rings (SSSR count). The highest BCUT2D eigenvalue weighted by molar-refractivity contribution is 5.61. The minimum Gasteiger partial charge on any atom is -0.507 e. The summed E-state index contributed by atoms with van der Waals surface area (Å²) in [6.07, 6.45) is 0. The van der Waals surface area contributed by atoms with Crippen LogP contribution in [0.15, 0.2) is 42.5 Å². The van der Waals surface area contributed by atoms with Crippen LogP contribution in [0.3, 0.4) is 0 Å². The molecule has 0 aliphatic carbocycles. The molecule has 0 aliphatic heterocycles. The molecule has 0 atom stereocenters. The van der Waals surface area contributed by atoms with E-state index in [0.717, 1.165) is 33.4 Å². The maximum atomic E-state index is 11.2. The van der Waals surface area contributed by atoms with E-state index in [-0.39, 0.29) is 29.6 Å². The number of phenols is 2. The largest absolute Gasteiger partial charge is 0.507 e. The van der Waals surface area contributed by atoms with Crippen molar-refractivity contribution in [3.05, 3.63) is 92.5 Å². The van der Waals surface area contributed by atoms with Crippen LogP contribution in [0.5, 0.6) is 11.5 Å². The zero-order chi connectivity index (χ0) is 26.2. The van der Waals surface area contributed by atoms with Gasteiger partial charge in [0.15, 0.2) is 0 Å². The van der Waals surface area contributed by atoms with Gasteiger partial charge < -0.3 is 10.2 Å². The highest BCUT2D eigenvalue weighted by Crippen LogP contribution is 2.47. The molecule has 0 radical (unpaired) electrons. The molecule has 0 saturated heterocycles. The predicted octanol–water partition coefficient (Wildman–Crippen LogP) is 9.39. The van der Waals surface area contributed by atoms with Crippen LogP contribution in [-0.2, 0) is 0 Å². The first-order valence-corrected chi connectivity index (χ1v) is 13.2. The van der Waals surface area contributed by atoms with Crippen molar-refractivity contribution in [2.45, 2.75) is 98.8 Å². The maximum Gasteiger partial charge on any atom is 0.122 e. The summed E-state index contributed by atoms with van der Waals surface area (Å²) in [6.45, 7) is 21.6. The molecule has 188 valence electrons. The third-order valence-electron chi connectivity index (χ3n) is 7.51. The Hall–Kier alpha value is -2.74. The van der Waals surface area contributed by atoms with Crippen LogP contribution in [0.25, 0.3) is 0 Å². The lowest BCUT2D eigenvalue weighted by Gasteiger charge is -2.30. The first kappa shape index (κ1) is 26.9. The number of hydrogen-bond donors (Lipinski definition) is 2. The summed E-state index contributed by atoms with van der Waals surface area (Å²) in [4.78, 5) is 0. The fraction of sp³-hybridized carbons (Fsp3) is 0.455. The van der Waals surface area contributed by atoms with Gasteiger partial charge in [-0.2, -0.15) is 0 Å². The monoisotopic (exact) mass is 472 g/mol. The Morgan fingerprint density at radius 3 is 1.20 bits per heavy atom. The second kappa shape index (κ2) is 10.5. The Morgan fingerprint density at radius 1 is 0.514 bits per heavy atom. The molecule has 3 aromatic rings. The quantitative estimate of drug-likeness (QED) is 0.336. The second-order valence-electron chi connectivity index (χ2n) is 11.3. The van der Waals surface area contributed by atoms with Gasteiger partial charge in [-0.25, -0.2) is 0 Å². The zero-order valence-corrected chi connectivity index (χ0v) is 23.3. The normalized spacial score (nSPS) is 12.1. The highest BCUT2D eigenvalue weighted by atomic mass is 16.3. The predicted molar refractivity (Wildman–Crippen MR) is 149 cm³/mol. The Bertz CT molecular complexity index is 1110. The molecule has 0 aliphatic rings. The fourth-order valence-corrected chi connectivity index (χ4v) is 5.73. The molecule has 35 heavy (non-hydrogen) atoms. The molecule has 0 spiro atoms. The van der Waals surface area contributed by atoms with Crippen LogP contribution in [0, 0.1) is 13.8 Å². The standard InChI is InChI=1S/C33H44O2/c1-18(2)25-16-27(22(9)29(20(5)6)32(25)34)31(24-14-12-11-13-15-24)28-17-26(19(3)4)33(35)30(21(7)8)23(28)10/h11-21,31,34-35H,1-10H3. The SMILES string of the molecule is Cc1c(C(c2ccccc2)c2cc(C(C)C)c(O)c(C(C)C)c2C)cc(C(C)C)c(O)c1C(C)C. The lowest BCUT2D eigenvalue weighted by molar-refractivity contribution is 0.453. The molecule has 0 fully saturated rings. The van der Waals surface area contributed by atoms with Crippen LogP contribution < -0.4 is 0 Å². The summed E-state index contributed by atoms with van der Waals surface area (Å²) in [7, 11) is 0. The summed E-state index contributed by atoms with van der Waals surface area (Å²) < 4.78 is 0.